The number of anilines is 1. The number of amides is 1. The number of rotatable bonds is 8. The summed E-state index contributed by atoms with van der Waals surface area (Å²) in [5, 5.41) is 11.3. The third-order valence-electron chi connectivity index (χ3n) is 5.44. The van der Waals surface area contributed by atoms with Crippen molar-refractivity contribution in [3.8, 4) is 23.0 Å². The first kappa shape index (κ1) is 21.9. The van der Waals surface area contributed by atoms with E-state index >= 15 is 0 Å². The number of nitro benzene ring substituents is 1. The molecule has 4 rings (SSSR count). The Hall–Kier alpha value is -4.27. The summed E-state index contributed by atoms with van der Waals surface area (Å²) in [6.07, 6.45) is -0.837. The minimum Gasteiger partial charge on any atom is -0.497 e. The third-order valence-corrected chi connectivity index (χ3v) is 5.44. The molecule has 9 nitrogen and oxygen atoms in total. The molecule has 0 N–H and O–H groups in total. The van der Waals surface area contributed by atoms with Gasteiger partial charge in [0, 0.05) is 12.1 Å². The molecule has 1 saturated heterocycles. The summed E-state index contributed by atoms with van der Waals surface area (Å²) < 4.78 is 21.9. The molecular formula is C24H22N2O7. The zero-order valence-corrected chi connectivity index (χ0v) is 18.3. The SMILES string of the molecule is COc1ccc(OC2C(=O)N(c3cccc([N+](=O)[O-])c3)C2c2ccc(OC)c(OC)c2)cc1. The molecule has 9 heteroatoms. The van der Waals surface area contributed by atoms with Gasteiger partial charge in [0.05, 0.1) is 31.9 Å². The highest BCUT2D eigenvalue weighted by Gasteiger charge is 2.51. The number of β-lactam (4-membered cyclic amide) rings is 1. The van der Waals surface area contributed by atoms with Gasteiger partial charge in [-0.05, 0) is 48.0 Å². The Kier molecular flexibility index (Phi) is 6.03. The van der Waals surface area contributed by atoms with Crippen molar-refractivity contribution >= 4 is 17.3 Å². The number of nitrogens with zero attached hydrogens (tertiary/aromatic N) is 2. The Morgan fingerprint density at radius 1 is 0.848 bits per heavy atom. The molecule has 1 heterocycles. The van der Waals surface area contributed by atoms with Crippen LogP contribution in [0.15, 0.2) is 66.7 Å². The topological polar surface area (TPSA) is 100 Å². The van der Waals surface area contributed by atoms with Gasteiger partial charge >= 0.3 is 0 Å². The zero-order chi connectivity index (χ0) is 23.5. The van der Waals surface area contributed by atoms with E-state index in [1.807, 2.05) is 6.07 Å². The summed E-state index contributed by atoms with van der Waals surface area (Å²) in [5.74, 6) is 1.89. The van der Waals surface area contributed by atoms with Gasteiger partial charge in [0.15, 0.2) is 11.5 Å². The molecule has 1 amide bonds. The van der Waals surface area contributed by atoms with Crippen molar-refractivity contribution in [1.82, 2.24) is 0 Å². The Morgan fingerprint density at radius 2 is 1.55 bits per heavy atom. The van der Waals surface area contributed by atoms with Crippen LogP contribution in [0.1, 0.15) is 11.6 Å². The molecule has 2 atom stereocenters. The second kappa shape index (κ2) is 9.07. The summed E-state index contributed by atoms with van der Waals surface area (Å²) in [4.78, 5) is 25.4. The van der Waals surface area contributed by atoms with Crippen LogP contribution in [0.5, 0.6) is 23.0 Å². The number of nitro groups is 1. The van der Waals surface area contributed by atoms with Gasteiger partial charge in [0.2, 0.25) is 6.10 Å². The van der Waals surface area contributed by atoms with E-state index in [4.69, 9.17) is 18.9 Å². The highest BCUT2D eigenvalue weighted by molar-refractivity contribution is 6.05. The first-order valence-electron chi connectivity index (χ1n) is 10.1. The molecule has 0 aliphatic carbocycles. The fourth-order valence-electron chi connectivity index (χ4n) is 3.78. The van der Waals surface area contributed by atoms with Gasteiger partial charge in [-0.2, -0.15) is 0 Å². The van der Waals surface area contributed by atoms with Gasteiger partial charge < -0.3 is 18.9 Å². The van der Waals surface area contributed by atoms with Crippen LogP contribution in [0, 0.1) is 10.1 Å². The van der Waals surface area contributed by atoms with E-state index in [0.717, 1.165) is 5.56 Å². The number of hydrogen-bond acceptors (Lipinski definition) is 7. The third kappa shape index (κ3) is 4.12. The van der Waals surface area contributed by atoms with Gasteiger partial charge in [-0.1, -0.05) is 12.1 Å². The van der Waals surface area contributed by atoms with Crippen LogP contribution < -0.4 is 23.8 Å². The summed E-state index contributed by atoms with van der Waals surface area (Å²) >= 11 is 0. The van der Waals surface area contributed by atoms with Crippen LogP contribution in [-0.2, 0) is 4.79 Å². The Bertz CT molecular complexity index is 1180. The van der Waals surface area contributed by atoms with Crippen LogP contribution in [0.4, 0.5) is 11.4 Å². The molecule has 3 aromatic carbocycles. The fourth-order valence-corrected chi connectivity index (χ4v) is 3.78. The smallest absolute Gasteiger partial charge is 0.271 e. The molecule has 1 aliphatic rings. The first-order valence-corrected chi connectivity index (χ1v) is 10.1. The molecule has 1 fully saturated rings. The monoisotopic (exact) mass is 450 g/mol. The van der Waals surface area contributed by atoms with Crippen LogP contribution in [0.25, 0.3) is 0 Å². The van der Waals surface area contributed by atoms with Gasteiger partial charge in [-0.15, -0.1) is 0 Å². The molecule has 0 aromatic heterocycles. The highest BCUT2D eigenvalue weighted by Crippen LogP contribution is 2.44. The molecule has 0 spiro atoms. The lowest BCUT2D eigenvalue weighted by atomic mass is 9.89. The minimum absolute atomic E-state index is 0.106. The van der Waals surface area contributed by atoms with E-state index in [1.165, 1.54) is 31.3 Å². The normalized spacial score (nSPS) is 17.2. The van der Waals surface area contributed by atoms with Gasteiger partial charge in [-0.3, -0.25) is 19.8 Å². The Labute approximate surface area is 190 Å². The summed E-state index contributed by atoms with van der Waals surface area (Å²) in [6, 6.07) is 17.6. The standard InChI is InChI=1S/C24H22N2O7/c1-30-18-8-10-19(11-9-18)33-23-22(15-7-12-20(31-2)21(13-15)32-3)25(24(23)27)16-5-4-6-17(14-16)26(28)29/h4-14,22-23H,1-3H3. The molecule has 33 heavy (non-hydrogen) atoms. The summed E-state index contributed by atoms with van der Waals surface area (Å²) in [7, 11) is 4.63. The predicted molar refractivity (Wildman–Crippen MR) is 120 cm³/mol. The Morgan fingerprint density at radius 3 is 2.18 bits per heavy atom. The maximum Gasteiger partial charge on any atom is 0.271 e. The van der Waals surface area contributed by atoms with Gasteiger partial charge in [0.25, 0.3) is 11.6 Å². The molecular weight excluding hydrogens is 428 g/mol. The molecule has 1 aliphatic heterocycles. The number of non-ortho nitro benzene ring substituents is 1. The predicted octanol–water partition coefficient (Wildman–Crippen LogP) is 4.16. The maximum atomic E-state index is 13.2. The lowest BCUT2D eigenvalue weighted by molar-refractivity contribution is -0.384. The second-order valence-corrected chi connectivity index (χ2v) is 7.26. The van der Waals surface area contributed by atoms with Crippen molar-refractivity contribution < 1.29 is 28.7 Å². The van der Waals surface area contributed by atoms with E-state index in [2.05, 4.69) is 0 Å². The number of carbonyl (C=O) groups is 1. The molecule has 0 saturated carbocycles. The minimum atomic E-state index is -0.837. The number of carbonyl (C=O) groups excluding carboxylic acids is 1. The average molecular weight is 450 g/mol. The lowest BCUT2D eigenvalue weighted by Crippen LogP contribution is -2.61. The molecule has 170 valence electrons. The van der Waals surface area contributed by atoms with Crippen molar-refractivity contribution in [2.24, 2.45) is 0 Å². The highest BCUT2D eigenvalue weighted by atomic mass is 16.6. The van der Waals surface area contributed by atoms with E-state index in [1.54, 1.807) is 55.6 Å². The second-order valence-electron chi connectivity index (χ2n) is 7.26. The van der Waals surface area contributed by atoms with Gasteiger partial charge in [-0.25, -0.2) is 0 Å². The summed E-state index contributed by atoms with van der Waals surface area (Å²) in [5.41, 5.74) is 1.03. The quantitative estimate of drug-likeness (QED) is 0.289. The molecule has 3 aromatic rings. The molecule has 2 unspecified atom stereocenters. The van der Waals surface area contributed by atoms with E-state index in [0.29, 0.717) is 28.7 Å². The number of methoxy groups -OCH3 is 3. The maximum absolute atomic E-state index is 13.2. The fraction of sp³-hybridized carbons (Fsp3) is 0.208. The number of benzene rings is 3. The molecule has 0 radical (unpaired) electrons. The molecule has 0 bridgehead atoms. The van der Waals surface area contributed by atoms with E-state index in [-0.39, 0.29) is 11.6 Å². The average Bonchev–Trinajstić information content (AvgIpc) is 2.85. The largest absolute Gasteiger partial charge is 0.497 e. The number of ether oxygens (including phenoxy) is 4. The first-order chi connectivity index (χ1) is 16.0. The Balaban J connectivity index is 1.73. The van der Waals surface area contributed by atoms with E-state index < -0.39 is 17.1 Å². The lowest BCUT2D eigenvalue weighted by Gasteiger charge is -2.46. The van der Waals surface area contributed by atoms with Crippen molar-refractivity contribution in [3.63, 3.8) is 0 Å². The van der Waals surface area contributed by atoms with Crippen LogP contribution in [0.2, 0.25) is 0 Å². The van der Waals surface area contributed by atoms with Crippen LogP contribution in [-0.4, -0.2) is 38.3 Å². The van der Waals surface area contributed by atoms with Gasteiger partial charge in [0.1, 0.15) is 17.5 Å². The van der Waals surface area contributed by atoms with Crippen molar-refractivity contribution in [2.45, 2.75) is 12.1 Å². The van der Waals surface area contributed by atoms with Crippen molar-refractivity contribution in [1.29, 1.82) is 0 Å². The van der Waals surface area contributed by atoms with Crippen molar-refractivity contribution in [3.05, 3.63) is 82.4 Å². The van der Waals surface area contributed by atoms with Crippen LogP contribution in [0.3, 0.4) is 0 Å². The number of hydrogen-bond donors (Lipinski definition) is 0. The van der Waals surface area contributed by atoms with E-state index in [9.17, 15) is 14.9 Å². The van der Waals surface area contributed by atoms with Crippen LogP contribution >= 0.6 is 0 Å². The zero-order valence-electron chi connectivity index (χ0n) is 18.3. The summed E-state index contributed by atoms with van der Waals surface area (Å²) in [6.45, 7) is 0. The van der Waals surface area contributed by atoms with Crippen molar-refractivity contribution in [2.75, 3.05) is 26.2 Å².